The lowest BCUT2D eigenvalue weighted by molar-refractivity contribution is -0.137. The summed E-state index contributed by atoms with van der Waals surface area (Å²) in [4.78, 5) is 37.0. The van der Waals surface area contributed by atoms with Crippen molar-refractivity contribution in [2.45, 2.75) is 44.7 Å². The number of nitrogens with two attached hydrogens (primary N) is 1. The number of hydrogen-bond donors (Lipinski definition) is 3. The molecule has 2 fully saturated rings. The third-order valence-electron chi connectivity index (χ3n) is 4.49. The first-order valence-corrected chi connectivity index (χ1v) is 7.07. The summed E-state index contributed by atoms with van der Waals surface area (Å²) in [7, 11) is 0. The van der Waals surface area contributed by atoms with Crippen LogP contribution >= 0.6 is 0 Å². The molecule has 0 bridgehead atoms. The molecule has 1 spiro atoms. The molecule has 0 aliphatic carbocycles. The number of urea groups is 1. The van der Waals surface area contributed by atoms with Crippen LogP contribution in [0.2, 0.25) is 0 Å². The number of nitrogens with one attached hydrogen (secondary N) is 2. The molecular weight excluding hydrogens is 260 g/mol. The minimum atomic E-state index is -0.839. The van der Waals surface area contributed by atoms with Crippen molar-refractivity contribution in [3.63, 3.8) is 0 Å². The standard InChI is InChI=1S/C13H22N4O3/c1-3-8(2)9(14)10(18)17-6-4-13(5-7-17)11(19)15-12(20)16-13/h8-9H,3-7,14H2,1-2H3,(H2,15,16,19,20). The van der Waals surface area contributed by atoms with E-state index in [-0.39, 0.29) is 17.7 Å². The second-order valence-electron chi connectivity index (χ2n) is 5.73. The number of carbonyl (C=O) groups is 3. The van der Waals surface area contributed by atoms with Crippen molar-refractivity contribution in [1.29, 1.82) is 0 Å². The minimum Gasteiger partial charge on any atom is -0.341 e. The average Bonchev–Trinajstić information content (AvgIpc) is 2.71. The van der Waals surface area contributed by atoms with E-state index in [4.69, 9.17) is 5.73 Å². The lowest BCUT2D eigenvalue weighted by Gasteiger charge is -2.38. The highest BCUT2D eigenvalue weighted by Gasteiger charge is 2.48. The number of hydrogen-bond acceptors (Lipinski definition) is 4. The number of likely N-dealkylation sites (tertiary alicyclic amines) is 1. The Balaban J connectivity index is 1.96. The fourth-order valence-corrected chi connectivity index (χ4v) is 2.70. The maximum atomic E-state index is 12.3. The van der Waals surface area contributed by atoms with Gasteiger partial charge < -0.3 is 16.0 Å². The van der Waals surface area contributed by atoms with E-state index in [0.29, 0.717) is 25.9 Å². The molecule has 2 heterocycles. The maximum absolute atomic E-state index is 12.3. The van der Waals surface area contributed by atoms with E-state index < -0.39 is 17.6 Å². The molecular formula is C13H22N4O3. The van der Waals surface area contributed by atoms with E-state index in [9.17, 15) is 14.4 Å². The monoisotopic (exact) mass is 282 g/mol. The number of amides is 4. The number of nitrogens with zero attached hydrogens (tertiary/aromatic N) is 1. The van der Waals surface area contributed by atoms with Crippen LogP contribution in [-0.2, 0) is 9.59 Å². The molecule has 4 amide bonds. The van der Waals surface area contributed by atoms with Crippen LogP contribution in [-0.4, -0.2) is 47.4 Å². The van der Waals surface area contributed by atoms with Gasteiger partial charge in [0, 0.05) is 13.1 Å². The molecule has 7 heteroatoms. The first-order valence-electron chi connectivity index (χ1n) is 7.07. The van der Waals surface area contributed by atoms with E-state index in [0.717, 1.165) is 6.42 Å². The molecule has 4 N–H and O–H groups in total. The predicted molar refractivity (Wildman–Crippen MR) is 72.6 cm³/mol. The van der Waals surface area contributed by atoms with Gasteiger partial charge in [-0.25, -0.2) is 4.79 Å². The highest BCUT2D eigenvalue weighted by molar-refractivity contribution is 6.07. The maximum Gasteiger partial charge on any atom is 0.322 e. The molecule has 0 aromatic carbocycles. The van der Waals surface area contributed by atoms with Crippen molar-refractivity contribution in [1.82, 2.24) is 15.5 Å². The quantitative estimate of drug-likeness (QED) is 0.610. The summed E-state index contributed by atoms with van der Waals surface area (Å²) in [6.07, 6.45) is 1.72. The van der Waals surface area contributed by atoms with Crippen LogP contribution in [0.15, 0.2) is 0 Å². The number of carbonyl (C=O) groups excluding carboxylic acids is 3. The van der Waals surface area contributed by atoms with Gasteiger partial charge in [0.2, 0.25) is 5.91 Å². The first-order chi connectivity index (χ1) is 9.39. The van der Waals surface area contributed by atoms with Gasteiger partial charge in [-0.2, -0.15) is 0 Å². The van der Waals surface area contributed by atoms with E-state index in [1.54, 1.807) is 4.90 Å². The Morgan fingerprint density at radius 1 is 1.40 bits per heavy atom. The highest BCUT2D eigenvalue weighted by Crippen LogP contribution is 2.26. The zero-order valence-corrected chi connectivity index (χ0v) is 11.9. The largest absolute Gasteiger partial charge is 0.341 e. The molecule has 0 radical (unpaired) electrons. The molecule has 0 aromatic heterocycles. The highest BCUT2D eigenvalue weighted by atomic mass is 16.2. The Morgan fingerprint density at radius 3 is 2.45 bits per heavy atom. The molecule has 0 saturated carbocycles. The minimum absolute atomic E-state index is 0.0704. The Labute approximate surface area is 118 Å². The van der Waals surface area contributed by atoms with Gasteiger partial charge in [-0.3, -0.25) is 14.9 Å². The van der Waals surface area contributed by atoms with Gasteiger partial charge in [0.1, 0.15) is 5.54 Å². The molecule has 2 saturated heterocycles. The van der Waals surface area contributed by atoms with Gasteiger partial charge in [-0.1, -0.05) is 20.3 Å². The summed E-state index contributed by atoms with van der Waals surface area (Å²) >= 11 is 0. The number of rotatable bonds is 3. The number of piperidine rings is 1. The molecule has 2 aliphatic heterocycles. The lowest BCUT2D eigenvalue weighted by atomic mass is 9.87. The summed E-state index contributed by atoms with van der Waals surface area (Å²) < 4.78 is 0. The Hall–Kier alpha value is -1.63. The van der Waals surface area contributed by atoms with E-state index in [2.05, 4.69) is 10.6 Å². The third kappa shape index (κ3) is 2.49. The van der Waals surface area contributed by atoms with Crippen LogP contribution in [0.5, 0.6) is 0 Å². The van der Waals surface area contributed by atoms with Crippen LogP contribution in [0.3, 0.4) is 0 Å². The smallest absolute Gasteiger partial charge is 0.322 e. The van der Waals surface area contributed by atoms with E-state index >= 15 is 0 Å². The lowest BCUT2D eigenvalue weighted by Crippen LogP contribution is -2.58. The van der Waals surface area contributed by atoms with E-state index in [1.165, 1.54) is 0 Å². The third-order valence-corrected chi connectivity index (χ3v) is 4.49. The summed E-state index contributed by atoms with van der Waals surface area (Å²) in [6, 6.07) is -0.952. The Bertz CT molecular complexity index is 429. The van der Waals surface area contributed by atoms with Gasteiger partial charge >= 0.3 is 6.03 Å². The van der Waals surface area contributed by atoms with Crippen molar-refractivity contribution in [3.8, 4) is 0 Å². The second-order valence-corrected chi connectivity index (χ2v) is 5.73. The molecule has 2 aliphatic rings. The normalized spacial score (nSPS) is 24.2. The first kappa shape index (κ1) is 14.8. The van der Waals surface area contributed by atoms with Crippen molar-refractivity contribution < 1.29 is 14.4 Å². The molecule has 7 nitrogen and oxygen atoms in total. The van der Waals surface area contributed by atoms with Crippen LogP contribution < -0.4 is 16.4 Å². The topological polar surface area (TPSA) is 105 Å². The van der Waals surface area contributed by atoms with Gasteiger partial charge in [0.05, 0.1) is 6.04 Å². The zero-order valence-electron chi connectivity index (χ0n) is 11.9. The van der Waals surface area contributed by atoms with Gasteiger partial charge in [0.25, 0.3) is 5.91 Å². The summed E-state index contributed by atoms with van der Waals surface area (Å²) in [5, 5.41) is 4.93. The van der Waals surface area contributed by atoms with Crippen LogP contribution in [0, 0.1) is 5.92 Å². The predicted octanol–water partition coefficient (Wildman–Crippen LogP) is -0.440. The van der Waals surface area contributed by atoms with Crippen LogP contribution in [0.25, 0.3) is 0 Å². The Kier molecular flexibility index (Phi) is 3.99. The SMILES string of the molecule is CCC(C)C(N)C(=O)N1CCC2(CC1)NC(=O)NC2=O. The van der Waals surface area contributed by atoms with Gasteiger partial charge in [0.15, 0.2) is 0 Å². The summed E-state index contributed by atoms with van der Waals surface area (Å²) in [6.45, 7) is 4.84. The number of imide groups is 1. The Morgan fingerprint density at radius 2 is 2.00 bits per heavy atom. The molecule has 20 heavy (non-hydrogen) atoms. The average molecular weight is 282 g/mol. The molecule has 2 rings (SSSR count). The van der Waals surface area contributed by atoms with Crippen LogP contribution in [0.4, 0.5) is 4.79 Å². The fourth-order valence-electron chi connectivity index (χ4n) is 2.70. The zero-order chi connectivity index (χ0) is 14.9. The molecule has 2 unspecified atom stereocenters. The van der Waals surface area contributed by atoms with Crippen molar-refractivity contribution in [3.05, 3.63) is 0 Å². The van der Waals surface area contributed by atoms with E-state index in [1.807, 2.05) is 13.8 Å². The van der Waals surface area contributed by atoms with Crippen molar-refractivity contribution >= 4 is 17.8 Å². The molecule has 112 valence electrons. The molecule has 2 atom stereocenters. The van der Waals surface area contributed by atoms with Gasteiger partial charge in [-0.15, -0.1) is 0 Å². The summed E-state index contributed by atoms with van der Waals surface area (Å²) in [5.74, 6) is -0.229. The molecule has 0 aromatic rings. The van der Waals surface area contributed by atoms with Gasteiger partial charge in [-0.05, 0) is 18.8 Å². The second kappa shape index (κ2) is 5.40. The summed E-state index contributed by atoms with van der Waals surface area (Å²) in [5.41, 5.74) is 5.12. The fraction of sp³-hybridized carbons (Fsp3) is 0.769. The van der Waals surface area contributed by atoms with Crippen LogP contribution in [0.1, 0.15) is 33.1 Å². The van der Waals surface area contributed by atoms with Crippen molar-refractivity contribution in [2.24, 2.45) is 11.7 Å². The van der Waals surface area contributed by atoms with Crippen molar-refractivity contribution in [2.75, 3.05) is 13.1 Å².